The molecule has 0 amide bonds. The van der Waals surface area contributed by atoms with Crippen molar-refractivity contribution in [2.45, 2.75) is 6.36 Å². The molecule has 0 aliphatic heterocycles. The third-order valence-electron chi connectivity index (χ3n) is 1.34. The minimum Gasteiger partial charge on any atom is -0.406 e. The van der Waals surface area contributed by atoms with Gasteiger partial charge < -0.3 is 4.74 Å². The van der Waals surface area contributed by atoms with Crippen molar-refractivity contribution in [3.8, 4) is 5.75 Å². The lowest BCUT2D eigenvalue weighted by Crippen LogP contribution is -2.16. The summed E-state index contributed by atoms with van der Waals surface area (Å²) in [4.78, 5) is 3.64. The highest BCUT2D eigenvalue weighted by molar-refractivity contribution is 5.59. The second-order valence-electron chi connectivity index (χ2n) is 2.43. The number of hydrogen-bond donors (Lipinski definition) is 2. The van der Waals surface area contributed by atoms with Gasteiger partial charge in [-0.25, -0.2) is 4.99 Å². The normalized spacial score (nSPS) is 11.7. The highest BCUT2D eigenvalue weighted by atomic mass is 19.4. The number of hydroxylamine groups is 1. The number of benzene rings is 1. The Balaban J connectivity index is 2.68. The van der Waals surface area contributed by atoms with Crippen LogP contribution in [0, 0.1) is 0 Å². The highest BCUT2D eigenvalue weighted by Gasteiger charge is 2.30. The molecule has 1 aromatic carbocycles. The monoisotopic (exact) mass is 220 g/mol. The van der Waals surface area contributed by atoms with Crippen molar-refractivity contribution < 1.29 is 23.1 Å². The zero-order valence-corrected chi connectivity index (χ0v) is 7.32. The third kappa shape index (κ3) is 4.32. The predicted molar refractivity (Wildman–Crippen MR) is 46.2 cm³/mol. The van der Waals surface area contributed by atoms with Crippen LogP contribution in [0.4, 0.5) is 18.9 Å². The SMILES string of the molecule is ONC=Nc1ccc(OC(F)(F)F)cc1. The standard InChI is InChI=1S/C8H7F3N2O2/c9-8(10,11)15-7-3-1-6(2-4-7)12-5-13-14/h1-5,14H,(H,12,13). The maximum atomic E-state index is 11.7. The first-order valence-corrected chi connectivity index (χ1v) is 3.79. The van der Waals surface area contributed by atoms with E-state index in [4.69, 9.17) is 5.21 Å². The molecule has 1 rings (SSSR count). The first-order valence-electron chi connectivity index (χ1n) is 3.79. The average Bonchev–Trinajstić information content (AvgIpc) is 2.14. The molecule has 0 saturated heterocycles. The van der Waals surface area contributed by atoms with Crippen molar-refractivity contribution in [2.24, 2.45) is 4.99 Å². The van der Waals surface area contributed by atoms with Crippen LogP contribution in [0.1, 0.15) is 0 Å². The maximum absolute atomic E-state index is 11.7. The van der Waals surface area contributed by atoms with E-state index in [1.165, 1.54) is 12.1 Å². The largest absolute Gasteiger partial charge is 0.573 e. The molecule has 0 aliphatic rings. The molecule has 0 fully saturated rings. The molecule has 0 aromatic heterocycles. The number of alkyl halides is 3. The summed E-state index contributed by atoms with van der Waals surface area (Å²) in [5, 5.41) is 8.16. The number of nitrogens with one attached hydrogen (secondary N) is 1. The van der Waals surface area contributed by atoms with E-state index in [0.29, 0.717) is 5.69 Å². The van der Waals surface area contributed by atoms with E-state index in [0.717, 1.165) is 18.5 Å². The molecule has 7 heteroatoms. The summed E-state index contributed by atoms with van der Waals surface area (Å²) in [7, 11) is 0. The zero-order valence-electron chi connectivity index (χ0n) is 7.32. The van der Waals surface area contributed by atoms with Gasteiger partial charge in [0.15, 0.2) is 0 Å². The number of ether oxygens (including phenoxy) is 1. The van der Waals surface area contributed by atoms with E-state index in [1.54, 1.807) is 5.48 Å². The van der Waals surface area contributed by atoms with Crippen LogP contribution < -0.4 is 10.2 Å². The van der Waals surface area contributed by atoms with Gasteiger partial charge in [-0.15, -0.1) is 13.2 Å². The first kappa shape index (κ1) is 11.3. The van der Waals surface area contributed by atoms with Gasteiger partial charge >= 0.3 is 6.36 Å². The average molecular weight is 220 g/mol. The molecule has 82 valence electrons. The molecule has 0 unspecified atom stereocenters. The summed E-state index contributed by atoms with van der Waals surface area (Å²) in [6.07, 6.45) is -3.71. The van der Waals surface area contributed by atoms with Gasteiger partial charge in [0.05, 0.1) is 5.69 Å². The molecule has 0 heterocycles. The van der Waals surface area contributed by atoms with Crippen LogP contribution in [-0.2, 0) is 0 Å². The fraction of sp³-hybridized carbons (Fsp3) is 0.125. The smallest absolute Gasteiger partial charge is 0.406 e. The summed E-state index contributed by atoms with van der Waals surface area (Å²) in [6.45, 7) is 0. The van der Waals surface area contributed by atoms with Gasteiger partial charge in [-0.3, -0.25) is 10.7 Å². The third-order valence-corrected chi connectivity index (χ3v) is 1.34. The lowest BCUT2D eigenvalue weighted by Gasteiger charge is -2.08. The van der Waals surface area contributed by atoms with Crippen LogP contribution in [0.25, 0.3) is 0 Å². The molecule has 15 heavy (non-hydrogen) atoms. The molecule has 0 saturated carbocycles. The first-order chi connectivity index (χ1) is 7.01. The Kier molecular flexibility index (Phi) is 3.51. The molecule has 0 aliphatic carbocycles. The van der Waals surface area contributed by atoms with Crippen molar-refractivity contribution in [1.82, 2.24) is 5.48 Å². The van der Waals surface area contributed by atoms with Crippen molar-refractivity contribution >= 4 is 12.0 Å². The molecular weight excluding hydrogens is 213 g/mol. The van der Waals surface area contributed by atoms with E-state index >= 15 is 0 Å². The van der Waals surface area contributed by atoms with Crippen molar-refractivity contribution in [2.75, 3.05) is 0 Å². The second-order valence-corrected chi connectivity index (χ2v) is 2.43. The van der Waals surface area contributed by atoms with Crippen LogP contribution in [0.15, 0.2) is 29.3 Å². The van der Waals surface area contributed by atoms with Gasteiger partial charge in [0.25, 0.3) is 0 Å². The molecule has 0 atom stereocenters. The molecular formula is C8H7F3N2O2. The van der Waals surface area contributed by atoms with E-state index < -0.39 is 6.36 Å². The Morgan fingerprint density at radius 1 is 1.27 bits per heavy atom. The topological polar surface area (TPSA) is 53.8 Å². The quantitative estimate of drug-likeness (QED) is 0.466. The van der Waals surface area contributed by atoms with E-state index in [-0.39, 0.29) is 5.75 Å². The number of nitrogens with zero attached hydrogens (tertiary/aromatic N) is 1. The van der Waals surface area contributed by atoms with Crippen LogP contribution in [0.5, 0.6) is 5.75 Å². The molecule has 0 bridgehead atoms. The van der Waals surface area contributed by atoms with Crippen molar-refractivity contribution in [3.63, 3.8) is 0 Å². The Hall–Kier alpha value is -1.76. The van der Waals surface area contributed by atoms with Gasteiger partial charge in [-0.2, -0.15) is 0 Å². The summed E-state index contributed by atoms with van der Waals surface area (Å²) in [5.74, 6) is -0.321. The van der Waals surface area contributed by atoms with Crippen LogP contribution >= 0.6 is 0 Å². The van der Waals surface area contributed by atoms with Crippen molar-refractivity contribution in [1.29, 1.82) is 0 Å². The minimum atomic E-state index is -4.70. The van der Waals surface area contributed by atoms with Gasteiger partial charge in [-0.05, 0) is 24.3 Å². The summed E-state index contributed by atoms with van der Waals surface area (Å²) in [6, 6.07) is 4.87. The van der Waals surface area contributed by atoms with Gasteiger partial charge in [0.2, 0.25) is 0 Å². The van der Waals surface area contributed by atoms with Crippen LogP contribution in [0.2, 0.25) is 0 Å². The van der Waals surface area contributed by atoms with Gasteiger partial charge in [0, 0.05) is 0 Å². The molecule has 0 spiro atoms. The lowest BCUT2D eigenvalue weighted by atomic mass is 10.3. The maximum Gasteiger partial charge on any atom is 0.573 e. The second kappa shape index (κ2) is 4.65. The molecule has 4 nitrogen and oxygen atoms in total. The predicted octanol–water partition coefficient (Wildman–Crippen LogP) is 2.22. The van der Waals surface area contributed by atoms with E-state index in [1.807, 2.05) is 0 Å². The molecule has 0 radical (unpaired) electrons. The number of halogens is 3. The Labute approximate surface area is 83.0 Å². The van der Waals surface area contributed by atoms with Crippen molar-refractivity contribution in [3.05, 3.63) is 24.3 Å². The summed E-state index contributed by atoms with van der Waals surface area (Å²) >= 11 is 0. The Bertz CT molecular complexity index is 335. The lowest BCUT2D eigenvalue weighted by molar-refractivity contribution is -0.274. The number of rotatable bonds is 3. The number of aliphatic imine (C=N–C) groups is 1. The van der Waals surface area contributed by atoms with E-state index in [2.05, 4.69) is 9.73 Å². The fourth-order valence-corrected chi connectivity index (χ4v) is 0.837. The van der Waals surface area contributed by atoms with Gasteiger partial charge in [0.1, 0.15) is 12.1 Å². The Morgan fingerprint density at radius 3 is 2.33 bits per heavy atom. The summed E-state index contributed by atoms with van der Waals surface area (Å²) < 4.78 is 38.9. The highest BCUT2D eigenvalue weighted by Crippen LogP contribution is 2.24. The molecule has 2 N–H and O–H groups in total. The minimum absolute atomic E-state index is 0.321. The van der Waals surface area contributed by atoms with Crippen LogP contribution in [-0.4, -0.2) is 17.9 Å². The fourth-order valence-electron chi connectivity index (χ4n) is 0.837. The van der Waals surface area contributed by atoms with E-state index in [9.17, 15) is 13.2 Å². The Morgan fingerprint density at radius 2 is 1.87 bits per heavy atom. The zero-order chi connectivity index (χ0) is 11.3. The summed E-state index contributed by atoms with van der Waals surface area (Å²) in [5.41, 5.74) is 2.05. The number of hydrogen-bond acceptors (Lipinski definition) is 3. The van der Waals surface area contributed by atoms with Gasteiger partial charge in [-0.1, -0.05) is 0 Å². The molecule has 1 aromatic rings. The van der Waals surface area contributed by atoms with Crippen LogP contribution in [0.3, 0.4) is 0 Å².